The number of carbonyl (C=O) groups is 6. The normalized spacial score (nSPS) is 17.9. The number of aryl methyl sites for hydroxylation is 4. The van der Waals surface area contributed by atoms with Gasteiger partial charge in [-0.05, 0) is 126 Å². The third kappa shape index (κ3) is 14.7. The Kier molecular flexibility index (Phi) is 20.7. The van der Waals surface area contributed by atoms with Crippen molar-refractivity contribution >= 4 is 52.2 Å². The molecular weight excluding hydrogens is 1100 g/mol. The van der Waals surface area contributed by atoms with Crippen molar-refractivity contribution in [1.82, 2.24) is 19.8 Å². The van der Waals surface area contributed by atoms with Gasteiger partial charge in [-0.1, -0.05) is 97.1 Å². The highest BCUT2D eigenvalue weighted by molar-refractivity contribution is 6.08. The number of imide groups is 1. The summed E-state index contributed by atoms with van der Waals surface area (Å²) in [6.07, 6.45) is 4.35. The fourth-order valence-corrected chi connectivity index (χ4v) is 12.5. The lowest BCUT2D eigenvalue weighted by Gasteiger charge is -2.30. The van der Waals surface area contributed by atoms with E-state index in [-0.39, 0.29) is 61.0 Å². The lowest BCUT2D eigenvalue weighted by atomic mass is 9.89. The van der Waals surface area contributed by atoms with Crippen LogP contribution in [-0.4, -0.2) is 122 Å². The van der Waals surface area contributed by atoms with Gasteiger partial charge in [-0.2, -0.15) is 0 Å². The van der Waals surface area contributed by atoms with Gasteiger partial charge < -0.3 is 39.5 Å². The molecule has 454 valence electrons. The topological polar surface area (TPSA) is 238 Å². The first kappa shape index (κ1) is 61.3. The van der Waals surface area contributed by atoms with Crippen LogP contribution in [0.5, 0.6) is 0 Å². The fourth-order valence-electron chi connectivity index (χ4n) is 12.5. The second kappa shape index (κ2) is 29.1. The van der Waals surface area contributed by atoms with Gasteiger partial charge >= 0.3 is 11.8 Å². The lowest BCUT2D eigenvalue weighted by molar-refractivity contribution is -0.135. The number of fused-ring (bicyclic) bond motifs is 4. The molecule has 4 N–H and O–H groups in total. The summed E-state index contributed by atoms with van der Waals surface area (Å²) in [6, 6.07) is 33.7. The van der Waals surface area contributed by atoms with E-state index in [1.807, 2.05) is 79.7 Å². The molecule has 5 aromatic carbocycles. The summed E-state index contributed by atoms with van der Waals surface area (Å²) in [4.78, 5) is 93.5. The Balaban J connectivity index is 0.594. The number of piperidine rings is 1. The molecule has 19 nitrogen and oxygen atoms in total. The van der Waals surface area contributed by atoms with Crippen molar-refractivity contribution in [2.75, 3.05) is 64.4 Å². The predicted octanol–water partition coefficient (Wildman–Crippen LogP) is 7.51. The van der Waals surface area contributed by atoms with Crippen molar-refractivity contribution in [3.8, 4) is 11.1 Å². The van der Waals surface area contributed by atoms with Gasteiger partial charge in [-0.25, -0.2) is 9.59 Å². The van der Waals surface area contributed by atoms with E-state index in [1.165, 1.54) is 10.1 Å². The number of amides is 5. The third-order valence-corrected chi connectivity index (χ3v) is 17.1. The van der Waals surface area contributed by atoms with E-state index in [1.54, 1.807) is 16.5 Å². The molecule has 1 aromatic heterocycles. The number of alkyl carbamates (subject to hydrolysis) is 1. The number of carbonyl (C=O) groups excluding carboxylic acids is 6. The number of anilines is 1. The molecule has 3 aliphatic heterocycles. The Morgan fingerprint density at radius 2 is 1.31 bits per heavy atom. The highest BCUT2D eigenvalue weighted by Crippen LogP contribution is 2.45. The molecule has 0 radical (unpaired) electrons. The smallest absolute Gasteiger partial charge is 0.407 e. The molecule has 10 rings (SSSR count). The molecule has 1 unspecified atom stereocenters. The molecule has 5 atom stereocenters. The van der Waals surface area contributed by atoms with Crippen LogP contribution in [0.15, 0.2) is 114 Å². The summed E-state index contributed by atoms with van der Waals surface area (Å²) in [6.45, 7) is 6.24. The highest BCUT2D eigenvalue weighted by atomic mass is 16.6. The molecule has 4 aliphatic rings. The monoisotopic (exact) mass is 1170 g/mol. The number of para-hydroxylation sites is 1. The number of hydrogen-bond donors (Lipinski definition) is 3. The zero-order chi connectivity index (χ0) is 60.1. The van der Waals surface area contributed by atoms with Crippen molar-refractivity contribution in [3.63, 3.8) is 0 Å². The summed E-state index contributed by atoms with van der Waals surface area (Å²) < 4.78 is 38.2. The Hall–Kier alpha value is -7.81. The number of hydrogen-bond acceptors (Lipinski definition) is 13. The van der Waals surface area contributed by atoms with E-state index >= 15 is 0 Å². The number of Topliss-reactive ketones (excluding diaryl/α,β-unsaturated/α-hetero) is 1. The van der Waals surface area contributed by atoms with E-state index in [4.69, 9.17) is 34.2 Å². The molecule has 0 bridgehead atoms. The molecule has 5 amide bonds. The summed E-state index contributed by atoms with van der Waals surface area (Å²) in [5.41, 5.74) is 17.0. The summed E-state index contributed by atoms with van der Waals surface area (Å²) in [7, 11) is 1.69. The van der Waals surface area contributed by atoms with Crippen LogP contribution >= 0.6 is 0 Å². The van der Waals surface area contributed by atoms with Crippen LogP contribution in [0.2, 0.25) is 0 Å². The minimum atomic E-state index is -0.907. The molecule has 0 saturated carbocycles. The number of aromatic nitrogens is 2. The lowest BCUT2D eigenvalue weighted by Crippen LogP contribution is -2.52. The van der Waals surface area contributed by atoms with Gasteiger partial charge in [0.15, 0.2) is 5.78 Å². The number of benzene rings is 5. The zero-order valence-electron chi connectivity index (χ0n) is 49.1. The number of nitrogens with zero attached hydrogens (tertiary/aromatic N) is 3. The second-order valence-electron chi connectivity index (χ2n) is 22.8. The number of nitrogens with one attached hydrogen (secondary N) is 2. The zero-order valence-corrected chi connectivity index (χ0v) is 49.1. The van der Waals surface area contributed by atoms with Crippen LogP contribution in [0, 0.1) is 5.92 Å². The van der Waals surface area contributed by atoms with E-state index in [9.17, 15) is 33.6 Å². The van der Waals surface area contributed by atoms with Crippen molar-refractivity contribution in [3.05, 3.63) is 159 Å². The Labute approximate surface area is 500 Å². The van der Waals surface area contributed by atoms with Crippen molar-refractivity contribution in [2.45, 2.75) is 121 Å². The SMILES string of the molecule is C[C@@H](OCc1ccc(CCCOCCOCCOCCOCCCc2ccc3c(c2)n(C)c(=O)n3C2CCC(=O)NC2=O)cc1)[C@H](CCC(N)=O)CC(=O)[C@@H]1Cc2cccc3c2N1C(=O)[C@@H](NC(=O)OCC1c2ccccc2-c2ccccc21)CC3. The van der Waals surface area contributed by atoms with E-state index in [0.29, 0.717) is 97.1 Å². The molecule has 4 heterocycles. The maximum absolute atomic E-state index is 14.6. The molecule has 19 heteroatoms. The van der Waals surface area contributed by atoms with E-state index in [0.717, 1.165) is 81.4 Å². The minimum absolute atomic E-state index is 0.0705. The highest BCUT2D eigenvalue weighted by Gasteiger charge is 2.45. The summed E-state index contributed by atoms with van der Waals surface area (Å²) in [5, 5.41) is 5.21. The molecule has 6 aromatic rings. The standard InChI is InChI=1S/C67H78N6O13/c1-43(48(24-28-61(68)75)40-60(74)59-39-49-13-7-12-47-23-25-55(65(78)73(59)63(47)49)69-66(79)86-42-54-52-16-5-3-14-50(52)51-15-4-6-17-53(51)54)85-41-46-20-18-44(19-21-46)10-8-30-81-32-34-83-36-37-84-35-33-82-31-9-11-45-22-26-56-58(38-45)71(2)67(80)72(56)57-27-29-62(76)70-64(57)77/h3-7,12-22,26,38,43,48,54-55,57,59H,8-11,23-25,27-37,39-42H2,1-2H3,(H2,68,75)(H,69,79)(H,70,76,77)/t43-,48-,55+,57?,59+/m1/s1. The average molecular weight is 1180 g/mol. The van der Waals surface area contributed by atoms with Crippen LogP contribution in [0.3, 0.4) is 0 Å². The largest absolute Gasteiger partial charge is 0.449 e. The molecule has 1 fully saturated rings. The van der Waals surface area contributed by atoms with Gasteiger partial charge in [0.1, 0.15) is 18.7 Å². The van der Waals surface area contributed by atoms with Crippen molar-refractivity contribution in [1.29, 1.82) is 0 Å². The first-order valence-electron chi connectivity index (χ1n) is 30.2. The van der Waals surface area contributed by atoms with Gasteiger partial charge in [0.25, 0.3) is 0 Å². The number of nitrogens with two attached hydrogens (primary N) is 1. The number of ether oxygens (including phenoxy) is 6. The predicted molar refractivity (Wildman–Crippen MR) is 322 cm³/mol. The molecule has 86 heavy (non-hydrogen) atoms. The summed E-state index contributed by atoms with van der Waals surface area (Å²) in [5.74, 6) is -2.22. The number of primary amides is 1. The Morgan fingerprint density at radius 3 is 1.98 bits per heavy atom. The van der Waals surface area contributed by atoms with Crippen LogP contribution in [0.4, 0.5) is 10.5 Å². The third-order valence-electron chi connectivity index (χ3n) is 17.1. The quantitative estimate of drug-likeness (QED) is 0.0283. The van der Waals surface area contributed by atoms with Gasteiger partial charge in [-0.3, -0.25) is 43.3 Å². The second-order valence-corrected chi connectivity index (χ2v) is 22.8. The Bertz CT molecular complexity index is 3420. The minimum Gasteiger partial charge on any atom is -0.449 e. The van der Waals surface area contributed by atoms with Crippen molar-refractivity contribution < 1.29 is 57.2 Å². The number of ketones is 1. The van der Waals surface area contributed by atoms with Gasteiger partial charge in [-0.15, -0.1) is 0 Å². The van der Waals surface area contributed by atoms with E-state index in [2.05, 4.69) is 47.0 Å². The first-order chi connectivity index (χ1) is 41.8. The van der Waals surface area contributed by atoms with Crippen LogP contribution in [0.1, 0.15) is 109 Å². The molecule has 1 saturated heterocycles. The first-order valence-corrected chi connectivity index (χ1v) is 30.2. The van der Waals surface area contributed by atoms with Crippen LogP contribution < -0.4 is 27.0 Å². The number of imidazole rings is 1. The van der Waals surface area contributed by atoms with Crippen molar-refractivity contribution in [2.24, 2.45) is 18.7 Å². The average Bonchev–Trinajstić information content (AvgIpc) is 1.76. The maximum atomic E-state index is 14.6. The maximum Gasteiger partial charge on any atom is 0.407 e. The fraction of sp³-hybridized carbons (Fsp3) is 0.448. The molecule has 0 spiro atoms. The van der Waals surface area contributed by atoms with Gasteiger partial charge in [0.2, 0.25) is 23.6 Å². The number of rotatable bonds is 31. The molecular formula is C67H78N6O13. The van der Waals surface area contributed by atoms with Gasteiger partial charge in [0.05, 0.1) is 75.1 Å². The Morgan fingerprint density at radius 1 is 0.698 bits per heavy atom. The van der Waals surface area contributed by atoms with Crippen LogP contribution in [0.25, 0.3) is 22.2 Å². The summed E-state index contributed by atoms with van der Waals surface area (Å²) >= 11 is 0. The molecule has 1 aliphatic carbocycles. The van der Waals surface area contributed by atoms with Crippen LogP contribution in [-0.2, 0) is 91.7 Å². The van der Waals surface area contributed by atoms with E-state index < -0.39 is 42.1 Å². The van der Waals surface area contributed by atoms with Gasteiger partial charge in [0, 0.05) is 51.9 Å².